The van der Waals surface area contributed by atoms with Gasteiger partial charge in [0.25, 0.3) is 0 Å². The van der Waals surface area contributed by atoms with Crippen molar-refractivity contribution in [1.29, 1.82) is 0 Å². The maximum absolute atomic E-state index is 12.2. The Morgan fingerprint density at radius 2 is 1.70 bits per heavy atom. The van der Waals surface area contributed by atoms with Crippen molar-refractivity contribution in [3.63, 3.8) is 0 Å². The minimum Gasteiger partial charge on any atom is -0.406 e. The van der Waals surface area contributed by atoms with E-state index in [1.807, 2.05) is 30.5 Å². The molecule has 2 aromatic carbocycles. The van der Waals surface area contributed by atoms with E-state index in [4.69, 9.17) is 12.2 Å². The maximum Gasteiger partial charge on any atom is 0.573 e. The van der Waals surface area contributed by atoms with Gasteiger partial charge in [0.2, 0.25) is 0 Å². The SMILES string of the molecule is CSc1ccc(NC(=S)Nc2cccc(OC(F)(F)F)c2)cc1. The lowest BCUT2D eigenvalue weighted by molar-refractivity contribution is -0.274. The van der Waals surface area contributed by atoms with Crippen LogP contribution in [-0.2, 0) is 0 Å². The van der Waals surface area contributed by atoms with Gasteiger partial charge in [-0.05, 0) is 54.9 Å². The van der Waals surface area contributed by atoms with Gasteiger partial charge < -0.3 is 15.4 Å². The molecule has 0 aliphatic carbocycles. The quantitative estimate of drug-likeness (QED) is 0.586. The molecule has 0 aliphatic rings. The number of alkyl halides is 3. The van der Waals surface area contributed by atoms with Crippen LogP contribution in [0.1, 0.15) is 0 Å². The molecule has 122 valence electrons. The van der Waals surface area contributed by atoms with Crippen molar-refractivity contribution in [2.75, 3.05) is 16.9 Å². The molecule has 23 heavy (non-hydrogen) atoms. The Labute approximate surface area is 141 Å². The third kappa shape index (κ3) is 5.99. The summed E-state index contributed by atoms with van der Waals surface area (Å²) in [4.78, 5) is 1.12. The molecule has 0 spiro atoms. The van der Waals surface area contributed by atoms with Gasteiger partial charge in [0.15, 0.2) is 5.11 Å². The predicted molar refractivity (Wildman–Crippen MR) is 91.2 cm³/mol. The average molecular weight is 358 g/mol. The number of thiocarbonyl (C=S) groups is 1. The molecule has 0 bridgehead atoms. The maximum atomic E-state index is 12.2. The van der Waals surface area contributed by atoms with Crippen molar-refractivity contribution in [3.8, 4) is 5.75 Å². The van der Waals surface area contributed by atoms with Crippen LogP contribution >= 0.6 is 24.0 Å². The second-order valence-corrected chi connectivity index (χ2v) is 5.67. The molecule has 0 unspecified atom stereocenters. The van der Waals surface area contributed by atoms with Gasteiger partial charge in [-0.25, -0.2) is 0 Å². The molecular formula is C15H13F3N2OS2. The van der Waals surface area contributed by atoms with E-state index in [9.17, 15) is 13.2 Å². The number of hydrogen-bond acceptors (Lipinski definition) is 3. The summed E-state index contributed by atoms with van der Waals surface area (Å²) in [5, 5.41) is 6.04. The highest BCUT2D eigenvalue weighted by Crippen LogP contribution is 2.25. The van der Waals surface area contributed by atoms with Gasteiger partial charge in [0.05, 0.1) is 0 Å². The molecular weight excluding hydrogens is 345 g/mol. The monoisotopic (exact) mass is 358 g/mol. The molecule has 0 saturated heterocycles. The molecule has 0 radical (unpaired) electrons. The first kappa shape index (κ1) is 17.4. The van der Waals surface area contributed by atoms with Crippen molar-refractivity contribution in [1.82, 2.24) is 0 Å². The van der Waals surface area contributed by atoms with E-state index < -0.39 is 6.36 Å². The Hall–Kier alpha value is -1.93. The summed E-state index contributed by atoms with van der Waals surface area (Å²) in [6.07, 6.45) is -2.75. The molecule has 3 nitrogen and oxygen atoms in total. The van der Waals surface area contributed by atoms with Gasteiger partial charge in [-0.1, -0.05) is 6.07 Å². The summed E-state index contributed by atoms with van der Waals surface area (Å²) in [6, 6.07) is 13.1. The number of halogens is 3. The molecule has 0 heterocycles. The third-order valence-corrected chi connectivity index (χ3v) is 3.62. The molecule has 0 aliphatic heterocycles. The fourth-order valence-corrected chi connectivity index (χ4v) is 2.38. The van der Waals surface area contributed by atoms with Crippen LogP contribution in [0.3, 0.4) is 0 Å². The van der Waals surface area contributed by atoms with Crippen molar-refractivity contribution < 1.29 is 17.9 Å². The highest BCUT2D eigenvalue weighted by atomic mass is 32.2. The third-order valence-electron chi connectivity index (χ3n) is 2.67. The zero-order chi connectivity index (χ0) is 16.9. The Kier molecular flexibility index (Phi) is 5.73. The Bertz CT molecular complexity index is 675. The van der Waals surface area contributed by atoms with Gasteiger partial charge in [-0.2, -0.15) is 0 Å². The van der Waals surface area contributed by atoms with Gasteiger partial charge in [-0.15, -0.1) is 24.9 Å². The summed E-state index contributed by atoms with van der Waals surface area (Å²) >= 11 is 6.76. The van der Waals surface area contributed by atoms with Crippen LogP contribution in [-0.4, -0.2) is 17.7 Å². The molecule has 0 aromatic heterocycles. The van der Waals surface area contributed by atoms with E-state index >= 15 is 0 Å². The first-order valence-corrected chi connectivity index (χ1v) is 8.07. The fraction of sp³-hybridized carbons (Fsp3) is 0.133. The number of thioether (sulfide) groups is 1. The summed E-state index contributed by atoms with van der Waals surface area (Å²) < 4.78 is 40.5. The fourth-order valence-electron chi connectivity index (χ4n) is 1.74. The smallest absolute Gasteiger partial charge is 0.406 e. The second-order valence-electron chi connectivity index (χ2n) is 4.38. The molecule has 2 N–H and O–H groups in total. The van der Waals surface area contributed by atoms with Crippen molar-refractivity contribution in [2.24, 2.45) is 0 Å². The molecule has 0 atom stereocenters. The lowest BCUT2D eigenvalue weighted by Crippen LogP contribution is -2.20. The van der Waals surface area contributed by atoms with Crippen LogP contribution in [0.25, 0.3) is 0 Å². The Morgan fingerprint density at radius 1 is 1.04 bits per heavy atom. The summed E-state index contributed by atoms with van der Waals surface area (Å²) in [7, 11) is 0. The van der Waals surface area contributed by atoms with Crippen molar-refractivity contribution >= 4 is 40.5 Å². The normalized spacial score (nSPS) is 11.0. The first-order chi connectivity index (χ1) is 10.9. The number of rotatable bonds is 4. The standard InChI is InChI=1S/C15H13F3N2OS2/c1-23-13-7-5-10(6-8-13)19-14(22)20-11-3-2-4-12(9-11)21-15(16,17)18/h2-9H,1H3,(H2,19,20,22). The van der Waals surface area contributed by atoms with Gasteiger partial charge in [0, 0.05) is 22.3 Å². The van der Waals surface area contributed by atoms with Crippen LogP contribution in [0.4, 0.5) is 24.5 Å². The van der Waals surface area contributed by atoms with Crippen LogP contribution in [0, 0.1) is 0 Å². The number of nitrogens with one attached hydrogen (secondary N) is 2. The first-order valence-electron chi connectivity index (χ1n) is 6.43. The van der Waals surface area contributed by atoms with Crippen LogP contribution in [0.5, 0.6) is 5.75 Å². The minimum absolute atomic E-state index is 0.270. The van der Waals surface area contributed by atoms with Gasteiger partial charge in [-0.3, -0.25) is 0 Å². The zero-order valence-electron chi connectivity index (χ0n) is 12.0. The van der Waals surface area contributed by atoms with Crippen molar-refractivity contribution in [2.45, 2.75) is 11.3 Å². The van der Waals surface area contributed by atoms with E-state index in [1.54, 1.807) is 17.8 Å². The van der Waals surface area contributed by atoms with E-state index in [0.717, 1.165) is 10.6 Å². The van der Waals surface area contributed by atoms with Crippen LogP contribution in [0.15, 0.2) is 53.4 Å². The van der Waals surface area contributed by atoms with Gasteiger partial charge in [0.1, 0.15) is 5.75 Å². The molecule has 2 aromatic rings. The number of benzene rings is 2. The summed E-state index contributed by atoms with van der Waals surface area (Å²) in [5.41, 5.74) is 1.17. The number of ether oxygens (including phenoxy) is 1. The van der Waals surface area contributed by atoms with Gasteiger partial charge >= 0.3 is 6.36 Å². The molecule has 0 amide bonds. The number of hydrogen-bond donors (Lipinski definition) is 2. The average Bonchev–Trinajstić information content (AvgIpc) is 2.46. The zero-order valence-corrected chi connectivity index (χ0v) is 13.6. The summed E-state index contributed by atoms with van der Waals surface area (Å²) in [5.74, 6) is -0.311. The molecule has 8 heteroatoms. The number of anilines is 2. The van der Waals surface area contributed by atoms with Crippen molar-refractivity contribution in [3.05, 3.63) is 48.5 Å². The van der Waals surface area contributed by atoms with E-state index in [1.165, 1.54) is 18.2 Å². The largest absolute Gasteiger partial charge is 0.573 e. The lowest BCUT2D eigenvalue weighted by Gasteiger charge is -2.13. The topological polar surface area (TPSA) is 33.3 Å². The Morgan fingerprint density at radius 3 is 2.30 bits per heavy atom. The van der Waals surface area contributed by atoms with E-state index in [-0.39, 0.29) is 10.9 Å². The molecule has 0 saturated carbocycles. The van der Waals surface area contributed by atoms with Crippen LogP contribution < -0.4 is 15.4 Å². The van der Waals surface area contributed by atoms with Crippen LogP contribution in [0.2, 0.25) is 0 Å². The summed E-state index contributed by atoms with van der Waals surface area (Å²) in [6.45, 7) is 0. The second kappa shape index (κ2) is 7.56. The van der Waals surface area contributed by atoms with E-state index in [2.05, 4.69) is 15.4 Å². The Balaban J connectivity index is 1.98. The molecule has 2 rings (SSSR count). The predicted octanol–water partition coefficient (Wildman–Crippen LogP) is 5.12. The van der Waals surface area contributed by atoms with E-state index in [0.29, 0.717) is 5.69 Å². The minimum atomic E-state index is -4.73. The highest BCUT2D eigenvalue weighted by molar-refractivity contribution is 7.98. The lowest BCUT2D eigenvalue weighted by atomic mass is 10.3. The highest BCUT2D eigenvalue weighted by Gasteiger charge is 2.31. The molecule has 0 fully saturated rings.